The number of non-ortho nitro benzene ring substituents is 1. The van der Waals surface area contributed by atoms with Gasteiger partial charge in [0, 0.05) is 63.4 Å². The van der Waals surface area contributed by atoms with Crippen LogP contribution < -0.4 is 15.1 Å². The Morgan fingerprint density at radius 2 is 2.00 bits per heavy atom. The van der Waals surface area contributed by atoms with Gasteiger partial charge in [-0.05, 0) is 43.5 Å². The molecule has 1 fully saturated rings. The summed E-state index contributed by atoms with van der Waals surface area (Å²) in [7, 11) is 1.65. The zero-order valence-electron chi connectivity index (χ0n) is 18.6. The summed E-state index contributed by atoms with van der Waals surface area (Å²) in [5.41, 5.74) is 4.32. The number of ether oxygens (including phenoxy) is 1. The molecule has 2 aliphatic rings. The van der Waals surface area contributed by atoms with Crippen LogP contribution in [0.4, 0.5) is 17.1 Å². The maximum absolute atomic E-state index is 13.2. The van der Waals surface area contributed by atoms with Gasteiger partial charge in [0.25, 0.3) is 5.69 Å². The molecule has 8 nitrogen and oxygen atoms in total. The number of hydrogen-bond donors (Lipinski definition) is 1. The lowest BCUT2D eigenvalue weighted by atomic mass is 9.83. The van der Waals surface area contributed by atoms with Crippen molar-refractivity contribution < 1.29 is 14.5 Å². The number of nitrogens with one attached hydrogen (secondary N) is 1. The van der Waals surface area contributed by atoms with Crippen molar-refractivity contribution in [1.29, 1.82) is 0 Å². The molecule has 2 aromatic rings. The molecule has 1 amide bonds. The summed E-state index contributed by atoms with van der Waals surface area (Å²) in [5, 5.41) is 14.4. The van der Waals surface area contributed by atoms with Gasteiger partial charge in [-0.25, -0.2) is 0 Å². The number of anilines is 2. The highest BCUT2D eigenvalue weighted by Gasteiger charge is 2.42. The van der Waals surface area contributed by atoms with Crippen molar-refractivity contribution in [1.82, 2.24) is 5.32 Å². The van der Waals surface area contributed by atoms with Crippen molar-refractivity contribution in [2.45, 2.75) is 25.8 Å². The molecule has 1 saturated heterocycles. The van der Waals surface area contributed by atoms with Gasteiger partial charge in [-0.3, -0.25) is 14.9 Å². The summed E-state index contributed by atoms with van der Waals surface area (Å²) in [6.45, 7) is 5.55. The summed E-state index contributed by atoms with van der Waals surface area (Å²) < 4.78 is 5.08. The lowest BCUT2D eigenvalue weighted by Crippen LogP contribution is -2.61. The SMILES string of the molecule is COCCCNC(=O)[C@H]1Cc2cc([N+](=O)[O-])ccc2N2CCN(c3ccc(C)cc3)C[C@@H]12. The molecule has 0 saturated carbocycles. The number of nitrogens with zero attached hydrogens (tertiary/aromatic N) is 3. The van der Waals surface area contributed by atoms with E-state index in [1.165, 1.54) is 5.56 Å². The first-order valence-corrected chi connectivity index (χ1v) is 11.1. The Kier molecular flexibility index (Phi) is 6.60. The third-order valence-corrected chi connectivity index (χ3v) is 6.47. The van der Waals surface area contributed by atoms with Crippen LogP contribution >= 0.6 is 0 Å². The highest BCUT2D eigenvalue weighted by molar-refractivity contribution is 5.82. The Balaban J connectivity index is 1.60. The number of methoxy groups -OCH3 is 1. The van der Waals surface area contributed by atoms with Gasteiger partial charge in [-0.2, -0.15) is 0 Å². The van der Waals surface area contributed by atoms with E-state index in [0.717, 1.165) is 43.0 Å². The van der Waals surface area contributed by atoms with Crippen molar-refractivity contribution in [3.8, 4) is 0 Å². The minimum atomic E-state index is -0.373. The Morgan fingerprint density at radius 3 is 2.72 bits per heavy atom. The summed E-state index contributed by atoms with van der Waals surface area (Å²) in [4.78, 5) is 28.7. The fourth-order valence-electron chi connectivity index (χ4n) is 4.77. The average molecular weight is 439 g/mol. The van der Waals surface area contributed by atoms with Gasteiger partial charge >= 0.3 is 0 Å². The molecule has 2 aliphatic heterocycles. The van der Waals surface area contributed by atoms with Crippen molar-refractivity contribution in [2.24, 2.45) is 5.92 Å². The number of benzene rings is 2. The first-order chi connectivity index (χ1) is 15.5. The maximum atomic E-state index is 13.2. The van der Waals surface area contributed by atoms with Crippen LogP contribution in [0.15, 0.2) is 42.5 Å². The second kappa shape index (κ2) is 9.56. The van der Waals surface area contributed by atoms with Crippen molar-refractivity contribution in [2.75, 3.05) is 49.7 Å². The van der Waals surface area contributed by atoms with E-state index >= 15 is 0 Å². The van der Waals surface area contributed by atoms with Crippen LogP contribution in [-0.2, 0) is 16.0 Å². The topological polar surface area (TPSA) is 87.9 Å². The first kappa shape index (κ1) is 22.1. The minimum Gasteiger partial charge on any atom is -0.385 e. The van der Waals surface area contributed by atoms with E-state index in [9.17, 15) is 14.9 Å². The predicted molar refractivity (Wildman–Crippen MR) is 124 cm³/mol. The van der Waals surface area contributed by atoms with Gasteiger partial charge in [0.1, 0.15) is 0 Å². The molecule has 1 N–H and O–H groups in total. The number of piperazine rings is 1. The van der Waals surface area contributed by atoms with Crippen LogP contribution in [0.1, 0.15) is 17.5 Å². The first-order valence-electron chi connectivity index (χ1n) is 11.1. The molecule has 2 heterocycles. The number of hydrogen-bond acceptors (Lipinski definition) is 6. The molecule has 2 atom stereocenters. The molecule has 0 aliphatic carbocycles. The third kappa shape index (κ3) is 4.55. The van der Waals surface area contributed by atoms with Crippen LogP contribution in [0.3, 0.4) is 0 Å². The zero-order valence-corrected chi connectivity index (χ0v) is 18.6. The molecule has 0 unspecified atom stereocenters. The van der Waals surface area contributed by atoms with E-state index in [1.54, 1.807) is 19.2 Å². The highest BCUT2D eigenvalue weighted by atomic mass is 16.6. The smallest absolute Gasteiger partial charge is 0.269 e. The number of aryl methyl sites for hydroxylation is 1. The van der Waals surface area contributed by atoms with Gasteiger partial charge in [-0.1, -0.05) is 17.7 Å². The standard InChI is InChI=1S/C24H30N4O4/c1-17-4-6-19(7-5-17)26-11-12-27-22-9-8-20(28(30)31)14-18(22)15-21(23(27)16-26)24(29)25-10-3-13-32-2/h4-9,14,21,23H,3,10-13,15-16H2,1-2H3,(H,25,29)/t21-,23-/m0/s1. The molecular weight excluding hydrogens is 408 g/mol. The Labute approximate surface area is 188 Å². The van der Waals surface area contributed by atoms with Gasteiger partial charge in [0.2, 0.25) is 5.91 Å². The molecule has 0 aromatic heterocycles. The second-order valence-electron chi connectivity index (χ2n) is 8.56. The molecule has 2 aromatic carbocycles. The minimum absolute atomic E-state index is 0.000912. The second-order valence-corrected chi connectivity index (χ2v) is 8.56. The molecule has 4 rings (SSSR count). The van der Waals surface area contributed by atoms with E-state index in [4.69, 9.17) is 4.74 Å². The molecule has 0 radical (unpaired) electrons. The van der Waals surface area contributed by atoms with Gasteiger partial charge in [-0.15, -0.1) is 0 Å². The fraction of sp³-hybridized carbons (Fsp3) is 0.458. The molecular formula is C24H30N4O4. The quantitative estimate of drug-likeness (QED) is 0.406. The van der Waals surface area contributed by atoms with Crippen LogP contribution in [0.2, 0.25) is 0 Å². The van der Waals surface area contributed by atoms with Crippen LogP contribution in [0.5, 0.6) is 0 Å². The van der Waals surface area contributed by atoms with E-state index in [1.807, 2.05) is 6.07 Å². The zero-order chi connectivity index (χ0) is 22.7. The maximum Gasteiger partial charge on any atom is 0.269 e. The predicted octanol–water partition coefficient (Wildman–Crippen LogP) is 2.92. The Morgan fingerprint density at radius 1 is 1.22 bits per heavy atom. The van der Waals surface area contributed by atoms with Gasteiger partial charge in [0.05, 0.1) is 16.9 Å². The number of rotatable bonds is 7. The Hall–Kier alpha value is -3.13. The van der Waals surface area contributed by atoms with E-state index in [2.05, 4.69) is 46.3 Å². The van der Waals surface area contributed by atoms with E-state index < -0.39 is 0 Å². The number of nitro groups is 1. The molecule has 8 heteroatoms. The van der Waals surface area contributed by atoms with Crippen molar-refractivity contribution in [3.63, 3.8) is 0 Å². The average Bonchev–Trinajstić information content (AvgIpc) is 2.80. The number of nitro benzene ring substituents is 1. The van der Waals surface area contributed by atoms with Crippen LogP contribution in [-0.4, -0.2) is 56.8 Å². The lowest BCUT2D eigenvalue weighted by Gasteiger charge is -2.49. The van der Waals surface area contributed by atoms with Gasteiger partial charge < -0.3 is 19.9 Å². The summed E-state index contributed by atoms with van der Waals surface area (Å²) in [6.07, 6.45) is 1.25. The summed E-state index contributed by atoms with van der Waals surface area (Å²) in [6, 6.07) is 13.5. The highest BCUT2D eigenvalue weighted by Crippen LogP contribution is 2.38. The van der Waals surface area contributed by atoms with E-state index in [0.29, 0.717) is 19.6 Å². The van der Waals surface area contributed by atoms with Crippen LogP contribution in [0.25, 0.3) is 0 Å². The monoisotopic (exact) mass is 438 g/mol. The van der Waals surface area contributed by atoms with Crippen molar-refractivity contribution >= 4 is 23.0 Å². The number of fused-ring (bicyclic) bond motifs is 3. The molecule has 32 heavy (non-hydrogen) atoms. The molecule has 0 spiro atoms. The number of carbonyl (C=O) groups is 1. The lowest BCUT2D eigenvalue weighted by molar-refractivity contribution is -0.384. The Bertz CT molecular complexity index is 978. The largest absolute Gasteiger partial charge is 0.385 e. The summed E-state index contributed by atoms with van der Waals surface area (Å²) >= 11 is 0. The number of amides is 1. The third-order valence-electron chi connectivity index (χ3n) is 6.47. The van der Waals surface area contributed by atoms with Crippen LogP contribution in [0, 0.1) is 23.0 Å². The molecule has 170 valence electrons. The fourth-order valence-corrected chi connectivity index (χ4v) is 4.77. The normalized spacial score (nSPS) is 19.8. The van der Waals surface area contributed by atoms with E-state index in [-0.39, 0.29) is 28.5 Å². The van der Waals surface area contributed by atoms with Gasteiger partial charge in [0.15, 0.2) is 0 Å². The van der Waals surface area contributed by atoms with Crippen molar-refractivity contribution in [3.05, 3.63) is 63.7 Å². The number of carbonyl (C=O) groups excluding carboxylic acids is 1. The summed E-state index contributed by atoms with van der Waals surface area (Å²) in [5.74, 6) is -0.278. The molecule has 0 bridgehead atoms.